The first-order chi connectivity index (χ1) is 16.0. The van der Waals surface area contributed by atoms with E-state index >= 15 is 0 Å². The van der Waals surface area contributed by atoms with Gasteiger partial charge in [0, 0.05) is 61.0 Å². The Morgan fingerprint density at radius 2 is 1.91 bits per heavy atom. The molecule has 1 amide bonds. The van der Waals surface area contributed by atoms with Crippen LogP contribution in [0, 0.1) is 6.92 Å². The maximum atomic E-state index is 12.7. The molecule has 0 fully saturated rings. The molecule has 2 aromatic heterocycles. The van der Waals surface area contributed by atoms with E-state index in [1.807, 2.05) is 52.0 Å². The summed E-state index contributed by atoms with van der Waals surface area (Å²) in [4.78, 5) is 25.1. The fourth-order valence-corrected chi connectivity index (χ4v) is 3.04. The van der Waals surface area contributed by atoms with Crippen LogP contribution in [-0.4, -0.2) is 29.1 Å². The van der Waals surface area contributed by atoms with E-state index in [0.29, 0.717) is 35.1 Å². The van der Waals surface area contributed by atoms with Gasteiger partial charge in [-0.2, -0.15) is 0 Å². The second-order valence-electron chi connectivity index (χ2n) is 6.81. The van der Waals surface area contributed by atoms with Gasteiger partial charge in [0.05, 0.1) is 5.69 Å². The maximum Gasteiger partial charge on any atom is 0.251 e. The number of hydrogen-bond acceptors (Lipinski definition) is 6. The van der Waals surface area contributed by atoms with Gasteiger partial charge in [0.25, 0.3) is 5.91 Å². The van der Waals surface area contributed by atoms with Crippen molar-refractivity contribution in [2.75, 3.05) is 12.8 Å². The maximum absolute atomic E-state index is 12.7. The van der Waals surface area contributed by atoms with Gasteiger partial charge in [0.2, 0.25) is 0 Å². The van der Waals surface area contributed by atoms with Crippen molar-refractivity contribution in [3.05, 3.63) is 83.3 Å². The van der Waals surface area contributed by atoms with Crippen molar-refractivity contribution >= 4 is 23.5 Å². The highest BCUT2D eigenvalue weighted by molar-refractivity contribution is 6.09. The number of allylic oxidation sites excluding steroid dienone is 2. The minimum atomic E-state index is -0.176. The number of nitrogens with two attached hydrogens (primary N) is 1. The molecular formula is C26H31N5O2. The number of nitrogens with one attached hydrogen (secondary N) is 1. The Hall–Kier alpha value is -4.00. The molecule has 0 bridgehead atoms. The molecule has 0 aliphatic carbocycles. The average molecular weight is 446 g/mol. The first-order valence-corrected chi connectivity index (χ1v) is 10.8. The van der Waals surface area contributed by atoms with Gasteiger partial charge < -0.3 is 15.8 Å². The monoisotopic (exact) mass is 445 g/mol. The number of amides is 1. The normalized spacial score (nSPS) is 11.0. The third kappa shape index (κ3) is 7.00. The SMILES string of the molecule is C/C=C(\C=NC)c1cc(Oc2cccc(C(=O)NCc3ccncc3)c2C)cc(N)n1.CC. The summed E-state index contributed by atoms with van der Waals surface area (Å²) in [5.74, 6) is 1.26. The molecule has 7 nitrogen and oxygen atoms in total. The average Bonchev–Trinajstić information content (AvgIpc) is 2.84. The molecule has 3 N–H and O–H groups in total. The zero-order chi connectivity index (χ0) is 24.2. The highest BCUT2D eigenvalue weighted by atomic mass is 16.5. The Labute approximate surface area is 195 Å². The topological polar surface area (TPSA) is 102 Å². The van der Waals surface area contributed by atoms with Crippen LogP contribution >= 0.6 is 0 Å². The summed E-state index contributed by atoms with van der Waals surface area (Å²) >= 11 is 0. The van der Waals surface area contributed by atoms with Gasteiger partial charge in [0.1, 0.15) is 17.3 Å². The van der Waals surface area contributed by atoms with Gasteiger partial charge in [-0.3, -0.25) is 14.8 Å². The lowest BCUT2D eigenvalue weighted by Gasteiger charge is -2.14. The van der Waals surface area contributed by atoms with Gasteiger partial charge in [0.15, 0.2) is 0 Å². The van der Waals surface area contributed by atoms with Gasteiger partial charge in [-0.1, -0.05) is 26.0 Å². The summed E-state index contributed by atoms with van der Waals surface area (Å²) in [6.07, 6.45) is 7.00. The summed E-state index contributed by atoms with van der Waals surface area (Å²) in [6.45, 7) is 8.17. The van der Waals surface area contributed by atoms with E-state index in [1.54, 1.807) is 49.9 Å². The van der Waals surface area contributed by atoms with Crippen molar-refractivity contribution in [2.24, 2.45) is 4.99 Å². The zero-order valence-corrected chi connectivity index (χ0v) is 19.8. The Bertz CT molecular complexity index is 1120. The summed E-state index contributed by atoms with van der Waals surface area (Å²) in [5, 5.41) is 2.93. The lowest BCUT2D eigenvalue weighted by atomic mass is 10.1. The standard InChI is InChI=1S/C24H25N5O2.C2H6/c1-4-18(15-26-3)21-12-19(13-23(25)29-21)31-22-7-5-6-20(16(22)2)24(30)28-14-17-8-10-27-11-9-17;1-2/h4-13,15H,14H2,1-3H3,(H2,25,29)(H,28,30);1-2H3/b18-4+,26-15?;. The Balaban J connectivity index is 0.00000187. The quantitative estimate of drug-likeness (QED) is 0.485. The molecule has 172 valence electrons. The van der Waals surface area contributed by atoms with Crippen molar-refractivity contribution in [1.82, 2.24) is 15.3 Å². The van der Waals surface area contributed by atoms with Crippen molar-refractivity contribution in [3.8, 4) is 11.5 Å². The molecule has 7 heteroatoms. The fraction of sp³-hybridized carbons (Fsp3) is 0.231. The number of carbonyl (C=O) groups excluding carboxylic acids is 1. The van der Waals surface area contributed by atoms with Crippen LogP contribution in [0.15, 0.2) is 65.9 Å². The lowest BCUT2D eigenvalue weighted by molar-refractivity contribution is 0.0950. The molecule has 1 aromatic carbocycles. The molecule has 0 atom stereocenters. The minimum absolute atomic E-state index is 0.176. The third-order valence-electron chi connectivity index (χ3n) is 4.65. The molecule has 3 aromatic rings. The second kappa shape index (κ2) is 12.8. The van der Waals surface area contributed by atoms with Crippen molar-refractivity contribution < 1.29 is 9.53 Å². The van der Waals surface area contributed by atoms with E-state index in [2.05, 4.69) is 20.3 Å². The molecule has 2 heterocycles. The van der Waals surface area contributed by atoms with Crippen LogP contribution in [0.5, 0.6) is 11.5 Å². The Morgan fingerprint density at radius 3 is 2.58 bits per heavy atom. The molecule has 0 aliphatic heterocycles. The Kier molecular flexibility index (Phi) is 9.77. The molecule has 0 radical (unpaired) electrons. The molecule has 0 aliphatic rings. The van der Waals surface area contributed by atoms with E-state index < -0.39 is 0 Å². The van der Waals surface area contributed by atoms with Crippen LogP contribution in [0.25, 0.3) is 5.57 Å². The zero-order valence-electron chi connectivity index (χ0n) is 19.8. The number of carbonyl (C=O) groups is 1. The van der Waals surface area contributed by atoms with Crippen molar-refractivity contribution in [2.45, 2.75) is 34.2 Å². The van der Waals surface area contributed by atoms with E-state index in [0.717, 1.165) is 16.7 Å². The number of aliphatic imine (C=N–C) groups is 1. The van der Waals surface area contributed by atoms with Crippen LogP contribution < -0.4 is 15.8 Å². The number of ether oxygens (including phenoxy) is 1. The predicted molar refractivity (Wildman–Crippen MR) is 135 cm³/mol. The van der Waals surface area contributed by atoms with Crippen LogP contribution in [0.1, 0.15) is 48.0 Å². The highest BCUT2D eigenvalue weighted by Gasteiger charge is 2.14. The summed E-state index contributed by atoms with van der Waals surface area (Å²) in [6, 6.07) is 12.5. The second-order valence-corrected chi connectivity index (χ2v) is 6.81. The van der Waals surface area contributed by atoms with E-state index in [9.17, 15) is 4.79 Å². The van der Waals surface area contributed by atoms with E-state index in [1.165, 1.54) is 0 Å². The predicted octanol–water partition coefficient (Wildman–Crippen LogP) is 5.22. The first-order valence-electron chi connectivity index (χ1n) is 10.8. The molecule has 33 heavy (non-hydrogen) atoms. The van der Waals surface area contributed by atoms with Gasteiger partial charge in [-0.15, -0.1) is 0 Å². The van der Waals surface area contributed by atoms with E-state index in [-0.39, 0.29) is 5.91 Å². The van der Waals surface area contributed by atoms with Gasteiger partial charge >= 0.3 is 0 Å². The van der Waals surface area contributed by atoms with Crippen molar-refractivity contribution in [1.29, 1.82) is 0 Å². The summed E-state index contributed by atoms with van der Waals surface area (Å²) in [5.41, 5.74) is 9.72. The molecule has 0 saturated carbocycles. The number of pyridine rings is 2. The van der Waals surface area contributed by atoms with Crippen LogP contribution in [-0.2, 0) is 6.54 Å². The highest BCUT2D eigenvalue weighted by Crippen LogP contribution is 2.29. The van der Waals surface area contributed by atoms with Gasteiger partial charge in [-0.05, 0) is 43.7 Å². The number of rotatable bonds is 7. The Morgan fingerprint density at radius 1 is 1.18 bits per heavy atom. The number of benzene rings is 1. The number of hydrogen-bond donors (Lipinski definition) is 2. The van der Waals surface area contributed by atoms with Crippen LogP contribution in [0.4, 0.5) is 5.82 Å². The number of aromatic nitrogens is 2. The largest absolute Gasteiger partial charge is 0.457 e. The summed E-state index contributed by atoms with van der Waals surface area (Å²) in [7, 11) is 1.70. The molecular weight excluding hydrogens is 414 g/mol. The van der Waals surface area contributed by atoms with Crippen molar-refractivity contribution in [3.63, 3.8) is 0 Å². The minimum Gasteiger partial charge on any atom is -0.457 e. The number of anilines is 1. The molecule has 0 spiro atoms. The third-order valence-corrected chi connectivity index (χ3v) is 4.65. The molecule has 3 rings (SSSR count). The fourth-order valence-electron chi connectivity index (χ4n) is 3.04. The number of nitrogen functional groups attached to an aromatic ring is 1. The molecule has 0 saturated heterocycles. The lowest BCUT2D eigenvalue weighted by Crippen LogP contribution is -2.23. The first kappa shape index (κ1) is 25.3. The van der Waals surface area contributed by atoms with Crippen LogP contribution in [0.3, 0.4) is 0 Å². The molecule has 0 unspecified atom stereocenters. The van der Waals surface area contributed by atoms with E-state index in [4.69, 9.17) is 10.5 Å². The smallest absolute Gasteiger partial charge is 0.251 e. The van der Waals surface area contributed by atoms with Crippen LogP contribution in [0.2, 0.25) is 0 Å². The number of nitrogens with zero attached hydrogens (tertiary/aromatic N) is 3. The summed E-state index contributed by atoms with van der Waals surface area (Å²) < 4.78 is 6.08. The van der Waals surface area contributed by atoms with Gasteiger partial charge in [-0.25, -0.2) is 4.98 Å².